The highest BCUT2D eigenvalue weighted by Gasteiger charge is 2.31. The number of fused-ring (bicyclic) bond motifs is 1. The van der Waals surface area contributed by atoms with Gasteiger partial charge in [-0.25, -0.2) is 8.42 Å². The minimum Gasteiger partial charge on any atom is -0.351 e. The molecule has 8 nitrogen and oxygen atoms in total. The zero-order valence-corrected chi connectivity index (χ0v) is 20.6. The maximum Gasteiger partial charge on any atom is 0.243 e. The van der Waals surface area contributed by atoms with Gasteiger partial charge in [0.1, 0.15) is 0 Å². The number of nitrogens with zero attached hydrogens (tertiary/aromatic N) is 4. The number of ketones is 1. The van der Waals surface area contributed by atoms with Gasteiger partial charge in [0, 0.05) is 69.3 Å². The minimum atomic E-state index is -3.63. The van der Waals surface area contributed by atoms with Gasteiger partial charge in [-0.2, -0.15) is 4.31 Å². The van der Waals surface area contributed by atoms with Crippen molar-refractivity contribution in [1.82, 2.24) is 13.8 Å². The summed E-state index contributed by atoms with van der Waals surface area (Å²) in [5.74, 6) is 0.0373. The maximum absolute atomic E-state index is 13.3. The molecular weight excluding hydrogens is 440 g/mol. The van der Waals surface area contributed by atoms with Crippen LogP contribution in [0.3, 0.4) is 0 Å². The van der Waals surface area contributed by atoms with E-state index in [1.165, 1.54) is 11.2 Å². The molecule has 4 rings (SSSR count). The van der Waals surface area contributed by atoms with E-state index in [1.54, 1.807) is 23.1 Å². The highest BCUT2D eigenvalue weighted by Crippen LogP contribution is 2.30. The molecule has 1 aromatic carbocycles. The van der Waals surface area contributed by atoms with Gasteiger partial charge in [0.05, 0.1) is 11.4 Å². The standard InChI is InChI=1S/C24H32N4O4S/c1-17-14-22(18(2)25(17)4)24(30)16-26-10-12-27(13-11-26)33(31,32)21-7-8-23-20(15-21)6-5-9-28(23)19(3)29/h7-8,14-15H,5-6,9-13,16H2,1-4H3. The van der Waals surface area contributed by atoms with Crippen molar-refractivity contribution in [3.63, 3.8) is 0 Å². The Morgan fingerprint density at radius 3 is 2.30 bits per heavy atom. The lowest BCUT2D eigenvalue weighted by atomic mass is 10.0. The summed E-state index contributed by atoms with van der Waals surface area (Å²) in [7, 11) is -1.68. The Labute approximate surface area is 195 Å². The van der Waals surface area contributed by atoms with E-state index < -0.39 is 10.0 Å². The van der Waals surface area contributed by atoms with Crippen LogP contribution < -0.4 is 4.90 Å². The first-order valence-electron chi connectivity index (χ1n) is 11.4. The van der Waals surface area contributed by atoms with E-state index in [2.05, 4.69) is 0 Å². The van der Waals surface area contributed by atoms with Crippen molar-refractivity contribution in [2.75, 3.05) is 44.2 Å². The predicted molar refractivity (Wildman–Crippen MR) is 127 cm³/mol. The lowest BCUT2D eigenvalue weighted by Gasteiger charge is -2.34. The predicted octanol–water partition coefficient (Wildman–Crippen LogP) is 2.13. The molecule has 0 atom stereocenters. The smallest absolute Gasteiger partial charge is 0.243 e. The summed E-state index contributed by atoms with van der Waals surface area (Å²) in [6.07, 6.45) is 1.58. The SMILES string of the molecule is CC(=O)N1CCCc2cc(S(=O)(=O)N3CCN(CC(=O)c4cc(C)n(C)c4C)CC3)ccc21. The van der Waals surface area contributed by atoms with Gasteiger partial charge in [-0.05, 0) is 56.5 Å². The van der Waals surface area contributed by atoms with Crippen molar-refractivity contribution in [3.05, 3.63) is 46.8 Å². The van der Waals surface area contributed by atoms with Gasteiger partial charge in [0.2, 0.25) is 15.9 Å². The number of amides is 1. The fourth-order valence-electron chi connectivity index (χ4n) is 4.76. The van der Waals surface area contributed by atoms with Crippen LogP contribution >= 0.6 is 0 Å². The third-order valence-corrected chi connectivity index (χ3v) is 8.86. The first kappa shape index (κ1) is 23.7. The van der Waals surface area contributed by atoms with E-state index in [0.717, 1.165) is 41.0 Å². The number of carbonyl (C=O) groups is 2. The molecule has 33 heavy (non-hydrogen) atoms. The van der Waals surface area contributed by atoms with Crippen LogP contribution in [0.2, 0.25) is 0 Å². The van der Waals surface area contributed by atoms with Gasteiger partial charge in [-0.1, -0.05) is 0 Å². The first-order chi connectivity index (χ1) is 15.6. The Morgan fingerprint density at radius 1 is 1.00 bits per heavy atom. The van der Waals surface area contributed by atoms with Crippen molar-refractivity contribution in [3.8, 4) is 0 Å². The molecule has 0 aliphatic carbocycles. The number of sulfonamides is 1. The number of anilines is 1. The van der Waals surface area contributed by atoms with Crippen LogP contribution in [0.4, 0.5) is 5.69 Å². The molecule has 0 N–H and O–H groups in total. The molecule has 1 amide bonds. The number of hydrogen-bond acceptors (Lipinski definition) is 5. The molecule has 2 aliphatic rings. The molecule has 0 unspecified atom stereocenters. The molecule has 0 spiro atoms. The minimum absolute atomic E-state index is 0.0296. The third-order valence-electron chi connectivity index (χ3n) is 6.96. The van der Waals surface area contributed by atoms with Crippen LogP contribution in [-0.4, -0.2) is 73.1 Å². The van der Waals surface area contributed by atoms with Crippen molar-refractivity contribution < 1.29 is 18.0 Å². The van der Waals surface area contributed by atoms with Gasteiger partial charge in [0.25, 0.3) is 0 Å². The molecule has 0 bridgehead atoms. The van der Waals surface area contributed by atoms with Crippen molar-refractivity contribution >= 4 is 27.4 Å². The Morgan fingerprint density at radius 2 is 1.70 bits per heavy atom. The van der Waals surface area contributed by atoms with Crippen LogP contribution in [0.1, 0.15) is 40.7 Å². The second-order valence-electron chi connectivity index (χ2n) is 9.01. The number of hydrogen-bond donors (Lipinski definition) is 0. The number of piperazine rings is 1. The molecule has 1 fully saturated rings. The number of benzene rings is 1. The van der Waals surface area contributed by atoms with Gasteiger partial charge < -0.3 is 9.47 Å². The summed E-state index contributed by atoms with van der Waals surface area (Å²) in [5.41, 5.74) is 4.44. The molecule has 2 aromatic rings. The fraction of sp³-hybridized carbons (Fsp3) is 0.500. The summed E-state index contributed by atoms with van der Waals surface area (Å²) < 4.78 is 30.1. The second kappa shape index (κ2) is 9.04. The molecule has 1 saturated heterocycles. The van der Waals surface area contributed by atoms with Crippen molar-refractivity contribution in [1.29, 1.82) is 0 Å². The van der Waals surface area contributed by atoms with Crippen molar-refractivity contribution in [2.24, 2.45) is 7.05 Å². The average molecular weight is 473 g/mol. The number of rotatable bonds is 5. The maximum atomic E-state index is 13.3. The quantitative estimate of drug-likeness (QED) is 0.623. The van der Waals surface area contributed by atoms with E-state index in [0.29, 0.717) is 32.7 Å². The molecule has 0 saturated carbocycles. The number of Topliss-reactive ketones (excluding diaryl/α,β-unsaturated/α-hetero) is 1. The largest absolute Gasteiger partial charge is 0.351 e. The van der Waals surface area contributed by atoms with Crippen LogP contribution in [0.15, 0.2) is 29.2 Å². The second-order valence-corrected chi connectivity index (χ2v) is 10.9. The Hall–Kier alpha value is -2.49. The highest BCUT2D eigenvalue weighted by molar-refractivity contribution is 7.89. The Bertz CT molecular complexity index is 1190. The summed E-state index contributed by atoms with van der Waals surface area (Å²) in [5, 5.41) is 0. The van der Waals surface area contributed by atoms with E-state index in [1.807, 2.05) is 36.4 Å². The third kappa shape index (κ3) is 4.49. The van der Waals surface area contributed by atoms with Gasteiger partial charge in [0.15, 0.2) is 5.78 Å². The molecular formula is C24H32N4O4S. The first-order valence-corrected chi connectivity index (χ1v) is 12.8. The zero-order valence-electron chi connectivity index (χ0n) is 19.8. The molecule has 0 radical (unpaired) electrons. The van der Waals surface area contributed by atoms with Gasteiger partial charge >= 0.3 is 0 Å². The Kier molecular flexibility index (Phi) is 6.48. The summed E-state index contributed by atoms with van der Waals surface area (Å²) in [4.78, 5) is 28.7. The van der Waals surface area contributed by atoms with Crippen LogP contribution in [0, 0.1) is 13.8 Å². The van der Waals surface area contributed by atoms with Crippen LogP contribution in [0.5, 0.6) is 0 Å². The van der Waals surface area contributed by atoms with Crippen LogP contribution in [-0.2, 0) is 28.3 Å². The summed E-state index contributed by atoms with van der Waals surface area (Å²) in [6.45, 7) is 8.12. The molecule has 3 heterocycles. The van der Waals surface area contributed by atoms with E-state index >= 15 is 0 Å². The van der Waals surface area contributed by atoms with E-state index in [9.17, 15) is 18.0 Å². The molecule has 178 valence electrons. The highest BCUT2D eigenvalue weighted by atomic mass is 32.2. The average Bonchev–Trinajstić information content (AvgIpc) is 3.06. The van der Waals surface area contributed by atoms with Crippen LogP contribution in [0.25, 0.3) is 0 Å². The van der Waals surface area contributed by atoms with E-state index in [4.69, 9.17) is 0 Å². The molecule has 2 aliphatic heterocycles. The fourth-order valence-corrected chi connectivity index (χ4v) is 6.24. The van der Waals surface area contributed by atoms with Gasteiger partial charge in [-0.15, -0.1) is 0 Å². The molecule has 1 aromatic heterocycles. The normalized spacial score (nSPS) is 17.8. The monoisotopic (exact) mass is 472 g/mol. The van der Waals surface area contributed by atoms with Crippen molar-refractivity contribution in [2.45, 2.75) is 38.5 Å². The van der Waals surface area contributed by atoms with Gasteiger partial charge in [-0.3, -0.25) is 14.5 Å². The lowest BCUT2D eigenvalue weighted by molar-refractivity contribution is -0.116. The zero-order chi connectivity index (χ0) is 23.9. The number of aryl methyl sites for hydroxylation is 2. The molecule has 9 heteroatoms. The lowest BCUT2D eigenvalue weighted by Crippen LogP contribution is -2.49. The topological polar surface area (TPSA) is 82.9 Å². The van der Waals surface area contributed by atoms with E-state index in [-0.39, 0.29) is 23.1 Å². The Balaban J connectivity index is 1.42. The number of aromatic nitrogens is 1. The summed E-state index contributed by atoms with van der Waals surface area (Å²) in [6, 6.07) is 6.99. The number of carbonyl (C=O) groups excluding carboxylic acids is 2. The summed E-state index contributed by atoms with van der Waals surface area (Å²) >= 11 is 0.